The van der Waals surface area contributed by atoms with Gasteiger partial charge in [-0.2, -0.15) is 9.37 Å². The lowest BCUT2D eigenvalue weighted by Crippen LogP contribution is -2.68. The Morgan fingerprint density at radius 1 is 0.966 bits per heavy atom. The SMILES string of the molecule is C=C(C)[C@@H]1CC[C@]2(NCCN3CCS(=O)(=O)CC3)CC[C@]3(C)[C@H](CCC4[C@@]5(C)CC=C(C6=CC[C@@](COc7cccc(F)n7)(C(=O)O)CC6)C(C)(C)C5CC[C@]43C)C12. The highest BCUT2D eigenvalue weighted by atomic mass is 32.2. The van der Waals surface area contributed by atoms with E-state index in [2.05, 4.69) is 75.5 Å². The third kappa shape index (κ3) is 6.76. The van der Waals surface area contributed by atoms with Crippen LogP contribution in [0.2, 0.25) is 0 Å². The lowest BCUT2D eigenvalue weighted by molar-refractivity contribution is -0.221. The van der Waals surface area contributed by atoms with Crippen LogP contribution in [-0.4, -0.2) is 79.2 Å². The number of fused-ring (bicyclic) bond motifs is 7. The monoisotopic (exact) mass is 820 g/mol. The molecule has 10 atom stereocenters. The first kappa shape index (κ1) is 42.1. The minimum Gasteiger partial charge on any atom is -0.481 e. The number of aromatic nitrogens is 1. The van der Waals surface area contributed by atoms with Crippen molar-refractivity contribution in [3.63, 3.8) is 0 Å². The van der Waals surface area contributed by atoms with Gasteiger partial charge in [-0.3, -0.25) is 4.79 Å². The predicted octanol–water partition coefficient (Wildman–Crippen LogP) is 9.05. The van der Waals surface area contributed by atoms with Gasteiger partial charge in [0.05, 0.1) is 11.5 Å². The van der Waals surface area contributed by atoms with Gasteiger partial charge >= 0.3 is 5.97 Å². The zero-order chi connectivity index (χ0) is 41.5. The Morgan fingerprint density at radius 3 is 2.40 bits per heavy atom. The Balaban J connectivity index is 1.01. The van der Waals surface area contributed by atoms with Gasteiger partial charge in [-0.05, 0) is 152 Å². The first-order valence-electron chi connectivity index (χ1n) is 22.5. The largest absolute Gasteiger partial charge is 0.481 e. The van der Waals surface area contributed by atoms with E-state index in [-0.39, 0.29) is 51.2 Å². The molecule has 3 unspecified atom stereocenters. The van der Waals surface area contributed by atoms with E-state index in [1.165, 1.54) is 80.2 Å². The summed E-state index contributed by atoms with van der Waals surface area (Å²) in [4.78, 5) is 18.8. The minimum atomic E-state index is -2.88. The van der Waals surface area contributed by atoms with Crippen molar-refractivity contribution in [2.45, 2.75) is 124 Å². The number of carboxylic acid groups (broad SMARTS) is 1. The highest BCUT2D eigenvalue weighted by molar-refractivity contribution is 7.91. The average Bonchev–Trinajstić information content (AvgIpc) is 3.55. The van der Waals surface area contributed by atoms with Crippen molar-refractivity contribution in [3.8, 4) is 5.88 Å². The van der Waals surface area contributed by atoms with Crippen LogP contribution in [0, 0.1) is 62.6 Å². The Morgan fingerprint density at radius 2 is 1.72 bits per heavy atom. The molecule has 6 aliphatic carbocycles. The number of ether oxygens (including phenoxy) is 1. The molecule has 4 saturated carbocycles. The second kappa shape index (κ2) is 14.8. The number of aliphatic carboxylic acids is 1. The molecule has 2 heterocycles. The van der Waals surface area contributed by atoms with Gasteiger partial charge in [-0.1, -0.05) is 65.0 Å². The van der Waals surface area contributed by atoms with Gasteiger partial charge in [0.25, 0.3) is 0 Å². The number of nitrogens with one attached hydrogen (secondary N) is 1. The fourth-order valence-corrected chi connectivity index (χ4v) is 16.5. The minimum absolute atomic E-state index is 0.0379. The summed E-state index contributed by atoms with van der Waals surface area (Å²) in [5.41, 5.74) is 3.73. The molecule has 0 bridgehead atoms. The molecular weight excluding hydrogens is 750 g/mol. The number of hydrogen-bond donors (Lipinski definition) is 2. The van der Waals surface area contributed by atoms with E-state index >= 15 is 0 Å². The van der Waals surface area contributed by atoms with Crippen LogP contribution in [0.1, 0.15) is 119 Å². The van der Waals surface area contributed by atoms with Crippen molar-refractivity contribution in [2.24, 2.45) is 56.7 Å². The summed E-state index contributed by atoms with van der Waals surface area (Å²) in [5, 5.41) is 14.6. The van der Waals surface area contributed by atoms with E-state index in [1.807, 2.05) is 0 Å². The van der Waals surface area contributed by atoms with Crippen LogP contribution in [-0.2, 0) is 14.6 Å². The lowest BCUT2D eigenvalue weighted by atomic mass is 9.33. The van der Waals surface area contributed by atoms with E-state index in [1.54, 1.807) is 6.07 Å². The molecule has 1 aromatic heterocycles. The smallest absolute Gasteiger partial charge is 0.313 e. The molecule has 8 nitrogen and oxygen atoms in total. The molecule has 8 rings (SSSR count). The zero-order valence-electron chi connectivity index (χ0n) is 36.2. The molecule has 320 valence electrons. The Labute approximate surface area is 347 Å². The predicted molar refractivity (Wildman–Crippen MR) is 228 cm³/mol. The molecule has 10 heteroatoms. The van der Waals surface area contributed by atoms with Crippen molar-refractivity contribution >= 4 is 15.8 Å². The molecule has 1 saturated heterocycles. The molecule has 1 aromatic rings. The summed E-state index contributed by atoms with van der Waals surface area (Å²) < 4.78 is 43.7. The summed E-state index contributed by atoms with van der Waals surface area (Å²) >= 11 is 0. The van der Waals surface area contributed by atoms with E-state index in [0.29, 0.717) is 61.9 Å². The summed E-state index contributed by atoms with van der Waals surface area (Å²) in [5.74, 6) is 2.10. The Kier molecular flexibility index (Phi) is 10.8. The van der Waals surface area contributed by atoms with Crippen molar-refractivity contribution in [1.82, 2.24) is 15.2 Å². The normalized spacial score (nSPS) is 41.8. The first-order chi connectivity index (χ1) is 27.3. The summed E-state index contributed by atoms with van der Waals surface area (Å²) in [6.07, 6.45) is 17.2. The molecule has 58 heavy (non-hydrogen) atoms. The highest BCUT2D eigenvalue weighted by Crippen LogP contribution is 2.76. The van der Waals surface area contributed by atoms with Crippen molar-refractivity contribution in [3.05, 3.63) is 59.6 Å². The molecule has 0 spiro atoms. The molecule has 0 amide bonds. The van der Waals surface area contributed by atoms with Gasteiger partial charge in [-0.25, -0.2) is 8.42 Å². The van der Waals surface area contributed by atoms with E-state index in [0.717, 1.165) is 19.5 Å². The topological polar surface area (TPSA) is 109 Å². The van der Waals surface area contributed by atoms with Crippen molar-refractivity contribution < 1.29 is 27.4 Å². The van der Waals surface area contributed by atoms with Crippen LogP contribution in [0.3, 0.4) is 0 Å². The third-order valence-electron chi connectivity index (χ3n) is 18.6. The second-order valence-electron chi connectivity index (χ2n) is 21.4. The number of halogens is 1. The second-order valence-corrected chi connectivity index (χ2v) is 23.7. The molecule has 0 radical (unpaired) electrons. The van der Waals surface area contributed by atoms with Crippen LogP contribution >= 0.6 is 0 Å². The molecule has 1 aliphatic heterocycles. The van der Waals surface area contributed by atoms with Crippen LogP contribution < -0.4 is 10.1 Å². The fourth-order valence-electron chi connectivity index (χ4n) is 15.3. The van der Waals surface area contributed by atoms with Crippen molar-refractivity contribution in [1.29, 1.82) is 0 Å². The number of rotatable bonds is 10. The van der Waals surface area contributed by atoms with Crippen LogP contribution in [0.15, 0.2) is 53.6 Å². The summed E-state index contributed by atoms with van der Waals surface area (Å²) in [6.45, 7) is 22.9. The number of carboxylic acids is 1. The first-order valence-corrected chi connectivity index (χ1v) is 24.3. The molecular formula is C48H70FN3O5S. The maximum atomic E-state index is 13.7. The quantitative estimate of drug-likeness (QED) is 0.178. The zero-order valence-corrected chi connectivity index (χ0v) is 37.0. The van der Waals surface area contributed by atoms with Gasteiger partial charge in [-0.15, -0.1) is 0 Å². The standard InChI is InChI=1S/C48H70FN3O5S/c1-32(2)34-15-22-48(50-25-26-52-27-29-58(55,56)30-28-52)24-23-45(6)36(41(34)48)11-12-38-44(5)18-16-35(43(3,4)37(44)17-19-46(38,45)7)33-13-20-47(21-14-33,42(53)54)31-57-40-10-8-9-39(49)51-40/h8-10,13,16,34,36-38,41,50H,1,11-12,14-15,17-31H2,2-7H3,(H,53,54)/t34-,36+,37?,38?,41?,44-,45+,46+,47+,48-/m0/s1. The van der Waals surface area contributed by atoms with Crippen LogP contribution in [0.25, 0.3) is 0 Å². The summed E-state index contributed by atoms with van der Waals surface area (Å²) in [6, 6.07) is 4.35. The number of pyridine rings is 1. The molecule has 2 N–H and O–H groups in total. The number of nitrogens with zero attached hydrogens (tertiary/aromatic N) is 2. The van der Waals surface area contributed by atoms with Gasteiger partial charge in [0.1, 0.15) is 12.0 Å². The Hall–Kier alpha value is -2.56. The highest BCUT2D eigenvalue weighted by Gasteiger charge is 2.70. The van der Waals surface area contributed by atoms with Crippen LogP contribution in [0.5, 0.6) is 5.88 Å². The van der Waals surface area contributed by atoms with Gasteiger partial charge < -0.3 is 20.1 Å². The maximum absolute atomic E-state index is 13.7. The maximum Gasteiger partial charge on any atom is 0.313 e. The Bertz CT molecular complexity index is 1970. The average molecular weight is 820 g/mol. The van der Waals surface area contributed by atoms with Crippen molar-refractivity contribution in [2.75, 3.05) is 44.3 Å². The number of allylic oxidation sites excluding steroid dienone is 5. The third-order valence-corrected chi connectivity index (χ3v) is 20.2. The van der Waals surface area contributed by atoms with Crippen LogP contribution in [0.4, 0.5) is 4.39 Å². The number of hydrogen-bond acceptors (Lipinski definition) is 7. The number of carbonyl (C=O) groups is 1. The van der Waals surface area contributed by atoms with Gasteiger partial charge in [0, 0.05) is 37.8 Å². The van der Waals surface area contributed by atoms with E-state index < -0.39 is 27.2 Å². The lowest BCUT2D eigenvalue weighted by Gasteiger charge is -2.72. The van der Waals surface area contributed by atoms with Gasteiger partial charge in [0.15, 0.2) is 9.84 Å². The van der Waals surface area contributed by atoms with Gasteiger partial charge in [0.2, 0.25) is 11.8 Å². The molecule has 7 aliphatic rings. The number of sulfone groups is 1. The molecule has 5 fully saturated rings. The van der Waals surface area contributed by atoms with E-state index in [4.69, 9.17) is 4.74 Å². The molecule has 0 aromatic carbocycles. The fraction of sp³-hybridized carbons (Fsp3) is 0.750. The summed E-state index contributed by atoms with van der Waals surface area (Å²) in [7, 11) is -2.88. The van der Waals surface area contributed by atoms with E-state index in [9.17, 15) is 22.7 Å².